The fourth-order valence-electron chi connectivity index (χ4n) is 0.906. The van der Waals surface area contributed by atoms with Gasteiger partial charge in [-0.2, -0.15) is 13.2 Å². The highest BCUT2D eigenvalue weighted by molar-refractivity contribution is 5.38. The van der Waals surface area contributed by atoms with E-state index in [2.05, 4.69) is 5.18 Å². The molecule has 0 aliphatic rings. The predicted octanol–water partition coefficient (Wildman–Crippen LogP) is 3.19. The number of nitrogens with zero attached hydrogens (tertiary/aromatic N) is 1. The zero-order valence-electron chi connectivity index (χ0n) is 6.51. The molecule has 0 saturated carbocycles. The molecule has 70 valence electrons. The average Bonchev–Trinajstić information content (AvgIpc) is 2.03. The van der Waals surface area contributed by atoms with Crippen LogP contribution in [0.15, 0.2) is 29.4 Å². The van der Waals surface area contributed by atoms with Gasteiger partial charge in [-0.25, -0.2) is 0 Å². The molecule has 1 rings (SSSR count). The second-order valence-corrected chi connectivity index (χ2v) is 2.55. The van der Waals surface area contributed by atoms with Crippen LogP contribution in [0.1, 0.15) is 5.56 Å². The van der Waals surface area contributed by atoms with E-state index in [1.807, 2.05) is 0 Å². The van der Waals surface area contributed by atoms with E-state index >= 15 is 0 Å². The van der Waals surface area contributed by atoms with E-state index in [4.69, 9.17) is 0 Å². The summed E-state index contributed by atoms with van der Waals surface area (Å²) in [4.78, 5) is 9.93. The summed E-state index contributed by atoms with van der Waals surface area (Å²) in [5.41, 5.74) is 0.255. The van der Waals surface area contributed by atoms with Crippen LogP contribution in [0.3, 0.4) is 0 Å². The Balaban J connectivity index is 2.75. The summed E-state index contributed by atoms with van der Waals surface area (Å²) in [5.74, 6) is 0. The Morgan fingerprint density at radius 1 is 1.15 bits per heavy atom. The predicted molar refractivity (Wildman–Crippen MR) is 41.7 cm³/mol. The molecule has 0 N–H and O–H groups in total. The first-order valence-electron chi connectivity index (χ1n) is 3.50. The van der Waals surface area contributed by atoms with Crippen LogP contribution in [0.25, 0.3) is 0 Å². The van der Waals surface area contributed by atoms with E-state index in [1.54, 1.807) is 0 Å². The Hall–Kier alpha value is -1.39. The van der Waals surface area contributed by atoms with Crippen LogP contribution in [0.5, 0.6) is 0 Å². The van der Waals surface area contributed by atoms with Gasteiger partial charge in [0.2, 0.25) is 0 Å². The standard InChI is InChI=1S/C8H6F3NO/c9-8(10,11)5-6-1-3-7(12-13)4-2-6/h1-4H,5H2. The van der Waals surface area contributed by atoms with E-state index in [0.29, 0.717) is 0 Å². The van der Waals surface area contributed by atoms with Crippen molar-refractivity contribution in [3.05, 3.63) is 34.7 Å². The molecule has 0 aliphatic carbocycles. The van der Waals surface area contributed by atoms with Crippen LogP contribution in [-0.2, 0) is 6.42 Å². The van der Waals surface area contributed by atoms with Gasteiger partial charge in [0.25, 0.3) is 0 Å². The third kappa shape index (κ3) is 3.23. The third-order valence-electron chi connectivity index (χ3n) is 1.45. The normalized spacial score (nSPS) is 11.3. The molecule has 0 unspecified atom stereocenters. The Bertz CT molecular complexity index is 291. The minimum Gasteiger partial charge on any atom is -0.171 e. The van der Waals surface area contributed by atoms with Crippen LogP contribution in [0.4, 0.5) is 18.9 Å². The van der Waals surface area contributed by atoms with Gasteiger partial charge < -0.3 is 0 Å². The van der Waals surface area contributed by atoms with Gasteiger partial charge >= 0.3 is 6.18 Å². The lowest BCUT2D eigenvalue weighted by atomic mass is 10.1. The van der Waals surface area contributed by atoms with Crippen LogP contribution in [0.2, 0.25) is 0 Å². The van der Waals surface area contributed by atoms with Crippen LogP contribution < -0.4 is 0 Å². The van der Waals surface area contributed by atoms with Gasteiger partial charge in [-0.05, 0) is 22.9 Å². The molecular weight excluding hydrogens is 183 g/mol. The molecule has 0 saturated heterocycles. The number of hydrogen-bond acceptors (Lipinski definition) is 2. The maximum Gasteiger partial charge on any atom is 0.393 e. The molecule has 1 aromatic carbocycles. The molecule has 0 aliphatic heterocycles. The minimum atomic E-state index is -4.21. The summed E-state index contributed by atoms with van der Waals surface area (Å²) < 4.78 is 35.5. The first-order valence-corrected chi connectivity index (χ1v) is 3.50. The minimum absolute atomic E-state index is 0.125. The second-order valence-electron chi connectivity index (χ2n) is 2.55. The molecule has 0 spiro atoms. The van der Waals surface area contributed by atoms with Crippen molar-refractivity contribution in [2.75, 3.05) is 0 Å². The van der Waals surface area contributed by atoms with E-state index in [1.165, 1.54) is 24.3 Å². The topological polar surface area (TPSA) is 29.4 Å². The molecule has 13 heavy (non-hydrogen) atoms. The summed E-state index contributed by atoms with van der Waals surface area (Å²) in [6.45, 7) is 0. The lowest BCUT2D eigenvalue weighted by molar-refractivity contribution is -0.127. The summed E-state index contributed by atoms with van der Waals surface area (Å²) in [5, 5.41) is 2.58. The highest BCUT2D eigenvalue weighted by Gasteiger charge is 2.27. The van der Waals surface area contributed by atoms with E-state index in [0.717, 1.165) is 0 Å². The SMILES string of the molecule is O=Nc1ccc(CC(F)(F)F)cc1. The molecule has 1 aromatic rings. The maximum absolute atomic E-state index is 11.8. The van der Waals surface area contributed by atoms with Gasteiger partial charge in [-0.1, -0.05) is 12.1 Å². The first kappa shape index (κ1) is 9.70. The molecule has 0 radical (unpaired) electrons. The largest absolute Gasteiger partial charge is 0.393 e. The molecule has 0 atom stereocenters. The first-order chi connectivity index (χ1) is 6.01. The molecule has 0 fully saturated rings. The van der Waals surface area contributed by atoms with E-state index in [-0.39, 0.29) is 11.3 Å². The Morgan fingerprint density at radius 2 is 1.69 bits per heavy atom. The van der Waals surface area contributed by atoms with Crippen LogP contribution >= 0.6 is 0 Å². The van der Waals surface area contributed by atoms with Gasteiger partial charge in [0.05, 0.1) is 6.42 Å². The number of rotatable bonds is 2. The highest BCUT2D eigenvalue weighted by atomic mass is 19.4. The zero-order chi connectivity index (χ0) is 9.90. The maximum atomic E-state index is 11.8. The molecule has 0 amide bonds. The van der Waals surface area contributed by atoms with Crippen molar-refractivity contribution in [3.63, 3.8) is 0 Å². The van der Waals surface area contributed by atoms with Crippen molar-refractivity contribution < 1.29 is 13.2 Å². The Kier molecular flexibility index (Phi) is 2.65. The molecular formula is C8H6F3NO. The number of alkyl halides is 3. The lowest BCUT2D eigenvalue weighted by Crippen LogP contribution is -2.11. The monoisotopic (exact) mass is 189 g/mol. The van der Waals surface area contributed by atoms with Crippen LogP contribution in [-0.4, -0.2) is 6.18 Å². The summed E-state index contributed by atoms with van der Waals surface area (Å²) in [6.07, 6.45) is -5.19. The summed E-state index contributed by atoms with van der Waals surface area (Å²) >= 11 is 0. The summed E-state index contributed by atoms with van der Waals surface area (Å²) in [7, 11) is 0. The molecule has 0 aromatic heterocycles. The van der Waals surface area contributed by atoms with E-state index in [9.17, 15) is 18.1 Å². The fraction of sp³-hybridized carbons (Fsp3) is 0.250. The third-order valence-corrected chi connectivity index (χ3v) is 1.45. The quantitative estimate of drug-likeness (QED) is 0.657. The highest BCUT2D eigenvalue weighted by Crippen LogP contribution is 2.22. The van der Waals surface area contributed by atoms with E-state index < -0.39 is 12.6 Å². The zero-order valence-corrected chi connectivity index (χ0v) is 6.51. The second kappa shape index (κ2) is 3.55. The number of benzene rings is 1. The number of nitroso groups, excluding NO2 is 1. The fourth-order valence-corrected chi connectivity index (χ4v) is 0.906. The van der Waals surface area contributed by atoms with Crippen LogP contribution in [0, 0.1) is 4.91 Å². The van der Waals surface area contributed by atoms with Gasteiger partial charge in [0.1, 0.15) is 5.69 Å². The molecule has 0 bridgehead atoms. The van der Waals surface area contributed by atoms with Crippen molar-refractivity contribution >= 4 is 5.69 Å². The van der Waals surface area contributed by atoms with Crippen molar-refractivity contribution in [3.8, 4) is 0 Å². The Labute approximate surface area is 72.4 Å². The number of halogens is 3. The van der Waals surface area contributed by atoms with Gasteiger partial charge in [-0.15, -0.1) is 4.91 Å². The smallest absolute Gasteiger partial charge is 0.171 e. The van der Waals surface area contributed by atoms with Crippen molar-refractivity contribution in [1.82, 2.24) is 0 Å². The molecule has 5 heteroatoms. The van der Waals surface area contributed by atoms with Gasteiger partial charge in [-0.3, -0.25) is 0 Å². The lowest BCUT2D eigenvalue weighted by Gasteiger charge is -2.05. The van der Waals surface area contributed by atoms with Gasteiger partial charge in [0.15, 0.2) is 0 Å². The van der Waals surface area contributed by atoms with Gasteiger partial charge in [0, 0.05) is 0 Å². The number of hydrogen-bond donors (Lipinski definition) is 0. The van der Waals surface area contributed by atoms with Crippen molar-refractivity contribution in [2.24, 2.45) is 5.18 Å². The average molecular weight is 189 g/mol. The molecule has 2 nitrogen and oxygen atoms in total. The van der Waals surface area contributed by atoms with Crippen molar-refractivity contribution in [1.29, 1.82) is 0 Å². The van der Waals surface area contributed by atoms with Crippen molar-refractivity contribution in [2.45, 2.75) is 12.6 Å². The summed E-state index contributed by atoms with van der Waals surface area (Å²) in [6, 6.07) is 5.00. The Morgan fingerprint density at radius 3 is 2.08 bits per heavy atom. The molecule has 0 heterocycles.